The van der Waals surface area contributed by atoms with Gasteiger partial charge in [-0.1, -0.05) is 15.9 Å². The largest absolute Gasteiger partial charge is 0.497 e. The summed E-state index contributed by atoms with van der Waals surface area (Å²) in [6.07, 6.45) is 0. The molecule has 0 fully saturated rings. The molecule has 0 aliphatic heterocycles. The number of alkyl halides is 1. The number of benzene rings is 1. The van der Waals surface area contributed by atoms with Gasteiger partial charge in [-0.05, 0) is 31.2 Å². The lowest BCUT2D eigenvalue weighted by Crippen LogP contribution is -2.37. The highest BCUT2D eigenvalue weighted by Gasteiger charge is 2.24. The van der Waals surface area contributed by atoms with Gasteiger partial charge in [-0.2, -0.15) is 4.72 Å². The number of rotatable bonds is 6. The van der Waals surface area contributed by atoms with Crippen molar-refractivity contribution in [3.8, 4) is 5.75 Å². The van der Waals surface area contributed by atoms with Crippen molar-refractivity contribution in [1.82, 2.24) is 4.72 Å². The zero-order chi connectivity index (χ0) is 14.5. The van der Waals surface area contributed by atoms with E-state index in [1.165, 1.54) is 31.4 Å². The molecule has 0 aliphatic carbocycles. The number of halogens is 1. The van der Waals surface area contributed by atoms with Gasteiger partial charge in [-0.15, -0.1) is 0 Å². The molecule has 0 saturated carbocycles. The van der Waals surface area contributed by atoms with Crippen LogP contribution in [0.3, 0.4) is 0 Å². The fourth-order valence-corrected chi connectivity index (χ4v) is 3.09. The SMILES string of the molecule is CCOC(=O)C(Br)NS(=O)(=O)c1ccc(OC)cc1. The standard InChI is InChI=1S/C11H14BrNO5S/c1-3-18-11(14)10(12)13-19(15,16)9-6-4-8(17-2)5-7-9/h4-7,10,13H,3H2,1-2H3. The third-order valence-corrected chi connectivity index (χ3v) is 4.47. The number of hydrogen-bond donors (Lipinski definition) is 1. The lowest BCUT2D eigenvalue weighted by Gasteiger charge is -2.12. The zero-order valence-electron chi connectivity index (χ0n) is 10.4. The molecule has 106 valence electrons. The molecule has 1 atom stereocenters. The first-order valence-electron chi connectivity index (χ1n) is 5.37. The first-order chi connectivity index (χ1) is 8.90. The Bertz CT molecular complexity index is 529. The molecule has 19 heavy (non-hydrogen) atoms. The maximum Gasteiger partial charge on any atom is 0.335 e. The predicted octanol–water partition coefficient (Wildman–Crippen LogP) is 1.26. The van der Waals surface area contributed by atoms with E-state index in [1.807, 2.05) is 0 Å². The summed E-state index contributed by atoms with van der Waals surface area (Å²) in [7, 11) is -2.32. The second kappa shape index (κ2) is 6.88. The van der Waals surface area contributed by atoms with Gasteiger partial charge in [-0.25, -0.2) is 13.2 Å². The van der Waals surface area contributed by atoms with E-state index in [9.17, 15) is 13.2 Å². The van der Waals surface area contributed by atoms with E-state index in [4.69, 9.17) is 4.74 Å². The highest BCUT2D eigenvalue weighted by atomic mass is 79.9. The van der Waals surface area contributed by atoms with E-state index in [2.05, 4.69) is 25.4 Å². The molecular weight excluding hydrogens is 338 g/mol. The van der Waals surface area contributed by atoms with E-state index < -0.39 is 20.9 Å². The maximum absolute atomic E-state index is 12.0. The molecule has 1 unspecified atom stereocenters. The van der Waals surface area contributed by atoms with Crippen LogP contribution in [0.4, 0.5) is 0 Å². The first-order valence-corrected chi connectivity index (χ1v) is 7.77. The van der Waals surface area contributed by atoms with E-state index >= 15 is 0 Å². The number of hydrogen-bond acceptors (Lipinski definition) is 5. The molecule has 1 aromatic carbocycles. The highest BCUT2D eigenvalue weighted by molar-refractivity contribution is 9.10. The molecule has 8 heteroatoms. The van der Waals surface area contributed by atoms with Crippen LogP contribution < -0.4 is 9.46 Å². The van der Waals surface area contributed by atoms with Gasteiger partial charge >= 0.3 is 5.97 Å². The predicted molar refractivity (Wildman–Crippen MR) is 72.7 cm³/mol. The van der Waals surface area contributed by atoms with Gasteiger partial charge in [0.05, 0.1) is 18.6 Å². The monoisotopic (exact) mass is 351 g/mol. The zero-order valence-corrected chi connectivity index (χ0v) is 12.8. The lowest BCUT2D eigenvalue weighted by molar-refractivity contribution is -0.142. The minimum Gasteiger partial charge on any atom is -0.497 e. The van der Waals surface area contributed by atoms with Crippen molar-refractivity contribution < 1.29 is 22.7 Å². The van der Waals surface area contributed by atoms with Crippen molar-refractivity contribution in [2.24, 2.45) is 0 Å². The molecule has 0 aliphatic rings. The Hall–Kier alpha value is -1.12. The fraction of sp³-hybridized carbons (Fsp3) is 0.364. The van der Waals surface area contributed by atoms with Gasteiger partial charge < -0.3 is 9.47 Å². The average molecular weight is 352 g/mol. The van der Waals surface area contributed by atoms with Gasteiger partial charge in [0.2, 0.25) is 10.0 Å². The number of carbonyl (C=O) groups excluding carboxylic acids is 1. The molecule has 6 nitrogen and oxygen atoms in total. The van der Waals surface area contributed by atoms with Gasteiger partial charge in [0, 0.05) is 0 Å². The molecule has 0 heterocycles. The third-order valence-electron chi connectivity index (χ3n) is 2.12. The normalized spacial score (nSPS) is 12.8. The third kappa shape index (κ3) is 4.48. The summed E-state index contributed by atoms with van der Waals surface area (Å²) in [6, 6.07) is 5.79. The molecule has 0 spiro atoms. The Labute approximate surface area is 120 Å². The van der Waals surface area contributed by atoms with Crippen LogP contribution in [0.15, 0.2) is 29.2 Å². The summed E-state index contributed by atoms with van der Waals surface area (Å²) >= 11 is 2.92. The Balaban J connectivity index is 2.82. The van der Waals surface area contributed by atoms with Gasteiger partial charge in [0.25, 0.3) is 0 Å². The molecule has 0 radical (unpaired) electrons. The smallest absolute Gasteiger partial charge is 0.335 e. The average Bonchev–Trinajstić information content (AvgIpc) is 2.38. The van der Waals surface area contributed by atoms with Crippen LogP contribution in [0.5, 0.6) is 5.75 Å². The molecule has 1 aromatic rings. The first kappa shape index (κ1) is 15.9. The van der Waals surface area contributed by atoms with Crippen LogP contribution in [-0.2, 0) is 19.6 Å². The summed E-state index contributed by atoms with van der Waals surface area (Å²) in [5.74, 6) is -0.153. The number of carbonyl (C=O) groups is 1. The lowest BCUT2D eigenvalue weighted by atomic mass is 10.3. The van der Waals surface area contributed by atoms with Crippen LogP contribution >= 0.6 is 15.9 Å². The Morgan fingerprint density at radius 2 is 1.95 bits per heavy atom. The van der Waals surface area contributed by atoms with Crippen molar-refractivity contribution in [1.29, 1.82) is 0 Å². The van der Waals surface area contributed by atoms with E-state index in [0.29, 0.717) is 5.75 Å². The molecule has 1 rings (SSSR count). The Kier molecular flexibility index (Phi) is 5.77. The minimum absolute atomic E-state index is 0.0297. The summed E-state index contributed by atoms with van der Waals surface area (Å²) < 4.78 is 35.7. The number of sulfonamides is 1. The summed E-state index contributed by atoms with van der Waals surface area (Å²) in [6.45, 7) is 1.81. The van der Waals surface area contributed by atoms with Crippen molar-refractivity contribution in [3.63, 3.8) is 0 Å². The second-order valence-electron chi connectivity index (χ2n) is 3.41. The van der Waals surface area contributed by atoms with Crippen LogP contribution in [0, 0.1) is 0 Å². The van der Waals surface area contributed by atoms with Crippen molar-refractivity contribution in [3.05, 3.63) is 24.3 Å². The molecule has 1 N–H and O–H groups in total. The summed E-state index contributed by atoms with van der Waals surface area (Å²) in [5.41, 5.74) is 0. The quantitative estimate of drug-likeness (QED) is 0.474. The topological polar surface area (TPSA) is 81.7 Å². The molecule has 0 bridgehead atoms. The molecule has 0 amide bonds. The summed E-state index contributed by atoms with van der Waals surface area (Å²) in [5, 5.41) is 0. The van der Waals surface area contributed by atoms with Crippen LogP contribution in [0.1, 0.15) is 6.92 Å². The van der Waals surface area contributed by atoms with E-state index in [-0.39, 0.29) is 11.5 Å². The second-order valence-corrected chi connectivity index (χ2v) is 6.04. The van der Waals surface area contributed by atoms with Gasteiger partial charge in [-0.3, -0.25) is 0 Å². The number of methoxy groups -OCH3 is 1. The Morgan fingerprint density at radius 1 is 1.37 bits per heavy atom. The Morgan fingerprint density at radius 3 is 2.42 bits per heavy atom. The number of ether oxygens (including phenoxy) is 2. The van der Waals surface area contributed by atoms with Crippen molar-refractivity contribution >= 4 is 31.9 Å². The van der Waals surface area contributed by atoms with E-state index in [0.717, 1.165) is 0 Å². The van der Waals surface area contributed by atoms with Crippen LogP contribution in [0.25, 0.3) is 0 Å². The minimum atomic E-state index is -3.80. The van der Waals surface area contributed by atoms with Crippen molar-refractivity contribution in [2.45, 2.75) is 16.8 Å². The van der Waals surface area contributed by atoms with Gasteiger partial charge in [0.15, 0.2) is 4.95 Å². The molecular formula is C11H14BrNO5S. The summed E-state index contributed by atoms with van der Waals surface area (Å²) in [4.78, 5) is 10.2. The fourth-order valence-electron chi connectivity index (χ4n) is 1.22. The van der Waals surface area contributed by atoms with Crippen LogP contribution in [0.2, 0.25) is 0 Å². The van der Waals surface area contributed by atoms with Crippen LogP contribution in [-0.4, -0.2) is 33.1 Å². The van der Waals surface area contributed by atoms with Crippen molar-refractivity contribution in [2.75, 3.05) is 13.7 Å². The molecule has 0 aromatic heterocycles. The maximum atomic E-state index is 12.0. The van der Waals surface area contributed by atoms with Gasteiger partial charge in [0.1, 0.15) is 5.75 Å². The molecule has 0 saturated heterocycles. The number of nitrogens with one attached hydrogen (secondary N) is 1. The number of esters is 1. The highest BCUT2D eigenvalue weighted by Crippen LogP contribution is 2.16. The van der Waals surface area contributed by atoms with E-state index in [1.54, 1.807) is 6.92 Å².